The number of carbonyl (C=O) groups is 2. The highest BCUT2D eigenvalue weighted by molar-refractivity contribution is 7.99. The number of amides is 2. The Balaban J connectivity index is 1.78. The molecule has 0 spiro atoms. The average molecular weight is 563 g/mol. The van der Waals surface area contributed by atoms with E-state index in [9.17, 15) is 9.59 Å². The lowest BCUT2D eigenvalue weighted by Crippen LogP contribution is -2.34. The number of hydrogen-bond donors (Lipinski definition) is 2. The van der Waals surface area contributed by atoms with Gasteiger partial charge in [-0.1, -0.05) is 61.0 Å². The fourth-order valence-electron chi connectivity index (χ4n) is 3.60. The zero-order chi connectivity index (χ0) is 27.1. The first-order chi connectivity index (χ1) is 17.6. The van der Waals surface area contributed by atoms with Gasteiger partial charge in [-0.15, -0.1) is 16.8 Å². The lowest BCUT2D eigenvalue weighted by atomic mass is 10.0. The Morgan fingerprint density at radius 3 is 2.59 bits per heavy atom. The first-order valence-corrected chi connectivity index (χ1v) is 13.3. The summed E-state index contributed by atoms with van der Waals surface area (Å²) < 4.78 is 7.18. The Kier molecular flexibility index (Phi) is 10.0. The number of nitrogens with zero attached hydrogens (tertiary/aromatic N) is 3. The molecule has 2 N–H and O–H groups in total. The van der Waals surface area contributed by atoms with Crippen LogP contribution in [0.2, 0.25) is 10.0 Å². The van der Waals surface area contributed by atoms with Crippen molar-refractivity contribution in [3.63, 3.8) is 0 Å². The number of aromatic nitrogens is 3. The third-order valence-electron chi connectivity index (χ3n) is 5.43. The van der Waals surface area contributed by atoms with E-state index >= 15 is 0 Å². The zero-order valence-corrected chi connectivity index (χ0v) is 23.4. The van der Waals surface area contributed by atoms with Gasteiger partial charge in [-0.3, -0.25) is 9.59 Å². The van der Waals surface area contributed by atoms with Crippen molar-refractivity contribution < 1.29 is 14.3 Å². The summed E-state index contributed by atoms with van der Waals surface area (Å²) in [6.07, 6.45) is 1.71. The number of ether oxygens (including phenoxy) is 1. The SMILES string of the molecule is C=CCn1c(SCC(=O)Nc2cc(C)ccc2OC)nnc1[C@@H](NC(=O)c1ccc(Cl)cc1Cl)C(C)C. The molecule has 1 aromatic heterocycles. The van der Waals surface area contributed by atoms with E-state index in [1.54, 1.807) is 25.3 Å². The van der Waals surface area contributed by atoms with Gasteiger partial charge in [-0.05, 0) is 48.7 Å². The minimum atomic E-state index is -0.466. The van der Waals surface area contributed by atoms with E-state index in [4.69, 9.17) is 27.9 Å². The van der Waals surface area contributed by atoms with E-state index in [0.717, 1.165) is 5.56 Å². The van der Waals surface area contributed by atoms with Gasteiger partial charge in [0, 0.05) is 11.6 Å². The second kappa shape index (κ2) is 13.0. The van der Waals surface area contributed by atoms with Crippen LogP contribution < -0.4 is 15.4 Å². The highest BCUT2D eigenvalue weighted by atomic mass is 35.5. The number of carbonyl (C=O) groups excluding carboxylic acids is 2. The summed E-state index contributed by atoms with van der Waals surface area (Å²) in [5.74, 6) is 0.654. The summed E-state index contributed by atoms with van der Waals surface area (Å²) >= 11 is 13.4. The van der Waals surface area contributed by atoms with Gasteiger partial charge in [0.1, 0.15) is 5.75 Å². The van der Waals surface area contributed by atoms with Crippen molar-refractivity contribution >= 4 is 52.5 Å². The van der Waals surface area contributed by atoms with E-state index in [2.05, 4.69) is 27.4 Å². The molecular formula is C26H29Cl2N5O3S. The number of allylic oxidation sites excluding steroid dienone is 1. The summed E-state index contributed by atoms with van der Waals surface area (Å²) in [6.45, 7) is 10.1. The Morgan fingerprint density at radius 2 is 1.95 bits per heavy atom. The van der Waals surface area contributed by atoms with Gasteiger partial charge in [0.2, 0.25) is 5.91 Å². The molecule has 2 amide bonds. The second-order valence-corrected chi connectivity index (χ2v) is 10.4. The van der Waals surface area contributed by atoms with Gasteiger partial charge in [-0.2, -0.15) is 0 Å². The lowest BCUT2D eigenvalue weighted by Gasteiger charge is -2.23. The van der Waals surface area contributed by atoms with Crippen molar-refractivity contribution in [2.45, 2.75) is 38.5 Å². The predicted molar refractivity (Wildman–Crippen MR) is 149 cm³/mol. The molecule has 0 radical (unpaired) electrons. The van der Waals surface area contributed by atoms with E-state index in [1.807, 2.05) is 43.5 Å². The van der Waals surface area contributed by atoms with Crippen LogP contribution in [0.25, 0.3) is 0 Å². The second-order valence-electron chi connectivity index (χ2n) is 8.60. The third kappa shape index (κ3) is 7.28. The summed E-state index contributed by atoms with van der Waals surface area (Å²) in [4.78, 5) is 25.7. The first kappa shape index (κ1) is 28.6. The molecule has 0 unspecified atom stereocenters. The minimum Gasteiger partial charge on any atom is -0.495 e. The molecule has 0 bridgehead atoms. The Bertz CT molecular complexity index is 1300. The molecule has 1 heterocycles. The largest absolute Gasteiger partial charge is 0.495 e. The van der Waals surface area contributed by atoms with Gasteiger partial charge in [0.15, 0.2) is 11.0 Å². The maximum absolute atomic E-state index is 13.0. The average Bonchev–Trinajstić information content (AvgIpc) is 3.23. The summed E-state index contributed by atoms with van der Waals surface area (Å²) in [6, 6.07) is 9.81. The number of nitrogens with one attached hydrogen (secondary N) is 2. The molecular weight excluding hydrogens is 533 g/mol. The molecule has 0 fully saturated rings. The van der Waals surface area contributed by atoms with Gasteiger partial charge >= 0.3 is 0 Å². The maximum atomic E-state index is 13.0. The third-order valence-corrected chi connectivity index (χ3v) is 6.94. The van der Waals surface area contributed by atoms with Gasteiger partial charge in [-0.25, -0.2) is 0 Å². The Labute approximate surface area is 230 Å². The first-order valence-electron chi connectivity index (χ1n) is 11.5. The van der Waals surface area contributed by atoms with Crippen LogP contribution >= 0.6 is 35.0 Å². The molecule has 0 aliphatic heterocycles. The molecule has 0 saturated heterocycles. The van der Waals surface area contributed by atoms with Crippen molar-refractivity contribution in [3.05, 3.63) is 76.0 Å². The van der Waals surface area contributed by atoms with Crippen LogP contribution in [0.3, 0.4) is 0 Å². The van der Waals surface area contributed by atoms with Crippen molar-refractivity contribution in [2.24, 2.45) is 5.92 Å². The van der Waals surface area contributed by atoms with Crippen LogP contribution in [-0.4, -0.2) is 39.4 Å². The fraction of sp³-hybridized carbons (Fsp3) is 0.308. The number of benzene rings is 2. The molecule has 0 aliphatic rings. The van der Waals surface area contributed by atoms with Gasteiger partial charge in [0.05, 0.1) is 35.2 Å². The number of hydrogen-bond acceptors (Lipinski definition) is 6. The topological polar surface area (TPSA) is 98.1 Å². The standard InChI is InChI=1S/C26H29Cl2N5O3S/c1-6-11-33-24(23(15(2)3)30-25(35)18-9-8-17(27)13-19(18)28)31-32-26(33)37-14-22(34)29-20-12-16(4)7-10-21(20)36-5/h6-10,12-13,15,23H,1,11,14H2,2-5H3,(H,29,34)(H,30,35)/t23-/m0/s1. The zero-order valence-electron chi connectivity index (χ0n) is 21.0. The Morgan fingerprint density at radius 1 is 1.19 bits per heavy atom. The summed E-state index contributed by atoms with van der Waals surface area (Å²) in [7, 11) is 1.55. The number of anilines is 1. The number of halogens is 2. The van der Waals surface area contributed by atoms with E-state index < -0.39 is 6.04 Å². The highest BCUT2D eigenvalue weighted by Gasteiger charge is 2.27. The highest BCUT2D eigenvalue weighted by Crippen LogP contribution is 2.28. The van der Waals surface area contributed by atoms with Gasteiger partial charge in [0.25, 0.3) is 5.91 Å². The van der Waals surface area contributed by atoms with E-state index in [0.29, 0.717) is 39.5 Å². The monoisotopic (exact) mass is 561 g/mol. The van der Waals surface area contributed by atoms with Crippen molar-refractivity contribution in [1.29, 1.82) is 0 Å². The minimum absolute atomic E-state index is 0.0160. The van der Waals surface area contributed by atoms with Crippen LogP contribution in [-0.2, 0) is 11.3 Å². The number of methoxy groups -OCH3 is 1. The Hall–Kier alpha value is -3.01. The molecule has 37 heavy (non-hydrogen) atoms. The molecule has 1 atom stereocenters. The summed E-state index contributed by atoms with van der Waals surface area (Å²) in [5, 5.41) is 15.8. The van der Waals surface area contributed by atoms with Crippen molar-refractivity contribution in [3.8, 4) is 5.75 Å². The lowest BCUT2D eigenvalue weighted by molar-refractivity contribution is -0.113. The van der Waals surface area contributed by atoms with Crippen LogP contribution in [0.1, 0.15) is 41.6 Å². The number of rotatable bonds is 11. The molecule has 2 aromatic carbocycles. The number of thioether (sulfide) groups is 1. The van der Waals surface area contributed by atoms with Crippen LogP contribution in [0.5, 0.6) is 5.75 Å². The molecule has 0 aliphatic carbocycles. The quantitative estimate of drug-likeness (QED) is 0.222. The maximum Gasteiger partial charge on any atom is 0.253 e. The van der Waals surface area contributed by atoms with E-state index in [-0.39, 0.29) is 28.5 Å². The molecule has 196 valence electrons. The summed E-state index contributed by atoms with van der Waals surface area (Å²) in [5.41, 5.74) is 1.91. The van der Waals surface area contributed by atoms with Crippen LogP contribution in [0.15, 0.2) is 54.2 Å². The molecule has 3 aromatic rings. The molecule has 0 saturated carbocycles. The van der Waals surface area contributed by atoms with E-state index in [1.165, 1.54) is 17.8 Å². The van der Waals surface area contributed by atoms with Gasteiger partial charge < -0.3 is 19.9 Å². The predicted octanol–water partition coefficient (Wildman–Crippen LogP) is 5.95. The molecule has 3 rings (SSSR count). The number of aryl methyl sites for hydroxylation is 1. The smallest absolute Gasteiger partial charge is 0.253 e. The van der Waals surface area contributed by atoms with Crippen LogP contribution in [0, 0.1) is 12.8 Å². The molecule has 11 heteroatoms. The normalized spacial score (nSPS) is 11.8. The fourth-order valence-corrected chi connectivity index (χ4v) is 4.84. The van der Waals surface area contributed by atoms with Crippen molar-refractivity contribution in [2.75, 3.05) is 18.2 Å². The van der Waals surface area contributed by atoms with Crippen molar-refractivity contribution in [1.82, 2.24) is 20.1 Å². The van der Waals surface area contributed by atoms with Crippen LogP contribution in [0.4, 0.5) is 5.69 Å². The molecule has 8 nitrogen and oxygen atoms in total.